The van der Waals surface area contributed by atoms with Gasteiger partial charge in [-0.25, -0.2) is 4.79 Å². The summed E-state index contributed by atoms with van der Waals surface area (Å²) in [5, 5.41) is 19.8. The molecule has 0 saturated carbocycles. The number of aliphatic carboxylic acids is 2. The molecule has 0 aromatic carbocycles. The van der Waals surface area contributed by atoms with E-state index < -0.39 is 31.1 Å². The zero-order valence-corrected chi connectivity index (χ0v) is 12.1. The third kappa shape index (κ3) is 8.30. The monoisotopic (exact) mass is 289 g/mol. The largest absolute Gasteiger partial charge is 0.480 e. The van der Waals surface area contributed by atoms with Crippen LogP contribution < -0.4 is 5.32 Å². The summed E-state index contributed by atoms with van der Waals surface area (Å²) in [6.07, 6.45) is 0.703. The van der Waals surface area contributed by atoms with E-state index in [1.807, 2.05) is 7.05 Å². The van der Waals surface area contributed by atoms with Crippen molar-refractivity contribution in [1.82, 2.24) is 15.1 Å². The SMILES string of the molecule is CC(C)N(C)CCCNC(=O)N(CC(=O)O)CC(=O)O. The van der Waals surface area contributed by atoms with Crippen LogP contribution in [0, 0.1) is 0 Å². The molecule has 0 fully saturated rings. The predicted molar refractivity (Wildman–Crippen MR) is 72.6 cm³/mol. The highest BCUT2D eigenvalue weighted by molar-refractivity contribution is 5.84. The fourth-order valence-electron chi connectivity index (χ4n) is 1.42. The van der Waals surface area contributed by atoms with Gasteiger partial charge in [0.15, 0.2) is 0 Å². The Bertz CT molecular complexity index is 330. The molecule has 0 radical (unpaired) electrons. The quantitative estimate of drug-likeness (QED) is 0.511. The van der Waals surface area contributed by atoms with Crippen molar-refractivity contribution in [3.05, 3.63) is 0 Å². The van der Waals surface area contributed by atoms with Gasteiger partial charge in [0.25, 0.3) is 0 Å². The number of amides is 2. The number of carbonyl (C=O) groups is 3. The molecule has 0 saturated heterocycles. The summed E-state index contributed by atoms with van der Waals surface area (Å²) in [4.78, 5) is 35.7. The molecule has 0 aliphatic carbocycles. The Morgan fingerprint density at radius 1 is 1.10 bits per heavy atom. The Labute approximate surface area is 118 Å². The average molecular weight is 289 g/mol. The molecule has 116 valence electrons. The number of hydrogen-bond acceptors (Lipinski definition) is 4. The summed E-state index contributed by atoms with van der Waals surface area (Å²) in [7, 11) is 1.97. The van der Waals surface area contributed by atoms with Crippen molar-refractivity contribution in [3.63, 3.8) is 0 Å². The number of nitrogens with one attached hydrogen (secondary N) is 1. The summed E-state index contributed by atoms with van der Waals surface area (Å²) in [6, 6.07) is -0.275. The summed E-state index contributed by atoms with van der Waals surface area (Å²) in [6.45, 7) is 4.00. The standard InChI is InChI=1S/C12H23N3O5/c1-9(2)14(3)6-4-5-13-12(20)15(7-10(16)17)8-11(18)19/h9H,4-8H2,1-3H3,(H,13,20)(H,16,17)(H,18,19). The van der Waals surface area contributed by atoms with Crippen molar-refractivity contribution in [3.8, 4) is 0 Å². The first-order chi connectivity index (χ1) is 9.23. The maximum absolute atomic E-state index is 11.7. The summed E-state index contributed by atoms with van der Waals surface area (Å²) >= 11 is 0. The van der Waals surface area contributed by atoms with E-state index in [1.54, 1.807) is 0 Å². The zero-order chi connectivity index (χ0) is 15.7. The van der Waals surface area contributed by atoms with E-state index in [0.717, 1.165) is 11.4 Å². The van der Waals surface area contributed by atoms with Crippen LogP contribution in [0.25, 0.3) is 0 Å². The Kier molecular flexibility index (Phi) is 8.30. The van der Waals surface area contributed by atoms with Gasteiger partial charge in [0.05, 0.1) is 0 Å². The number of carboxylic acid groups (broad SMARTS) is 2. The maximum Gasteiger partial charge on any atom is 0.323 e. The van der Waals surface area contributed by atoms with Gasteiger partial charge in [0.2, 0.25) is 0 Å². The minimum absolute atomic E-state index is 0.367. The summed E-state index contributed by atoms with van der Waals surface area (Å²) < 4.78 is 0. The molecule has 0 heterocycles. The first-order valence-corrected chi connectivity index (χ1v) is 6.40. The van der Waals surface area contributed by atoms with Gasteiger partial charge < -0.3 is 25.3 Å². The topological polar surface area (TPSA) is 110 Å². The van der Waals surface area contributed by atoms with Crippen LogP contribution in [0.5, 0.6) is 0 Å². The van der Waals surface area contributed by atoms with Crippen LogP contribution in [0.4, 0.5) is 4.79 Å². The normalized spacial score (nSPS) is 10.7. The lowest BCUT2D eigenvalue weighted by atomic mass is 10.3. The number of carbonyl (C=O) groups excluding carboxylic acids is 1. The number of urea groups is 1. The van der Waals surface area contributed by atoms with Gasteiger partial charge in [-0.1, -0.05) is 0 Å². The minimum Gasteiger partial charge on any atom is -0.480 e. The Morgan fingerprint density at radius 3 is 2.00 bits per heavy atom. The molecule has 0 atom stereocenters. The van der Waals surface area contributed by atoms with E-state index in [2.05, 4.69) is 24.1 Å². The third-order valence-electron chi connectivity index (χ3n) is 2.78. The Morgan fingerprint density at radius 2 is 1.60 bits per heavy atom. The van der Waals surface area contributed by atoms with Crippen LogP contribution >= 0.6 is 0 Å². The number of hydrogen-bond donors (Lipinski definition) is 3. The van der Waals surface area contributed by atoms with Gasteiger partial charge in [0.1, 0.15) is 13.1 Å². The molecule has 8 nitrogen and oxygen atoms in total. The van der Waals surface area contributed by atoms with Gasteiger partial charge >= 0.3 is 18.0 Å². The highest BCUT2D eigenvalue weighted by atomic mass is 16.4. The number of rotatable bonds is 9. The number of carboxylic acids is 2. The predicted octanol–water partition coefficient (Wildman–Crippen LogP) is -0.102. The fraction of sp³-hybridized carbons (Fsp3) is 0.750. The highest BCUT2D eigenvalue weighted by Gasteiger charge is 2.19. The molecule has 0 aromatic rings. The fourth-order valence-corrected chi connectivity index (χ4v) is 1.42. The first-order valence-electron chi connectivity index (χ1n) is 6.40. The lowest BCUT2D eigenvalue weighted by Crippen LogP contribution is -2.45. The summed E-state index contributed by atoms with van der Waals surface area (Å²) in [5.74, 6) is -2.50. The lowest BCUT2D eigenvalue weighted by Gasteiger charge is -2.22. The molecule has 3 N–H and O–H groups in total. The van der Waals surface area contributed by atoms with E-state index in [1.165, 1.54) is 0 Å². The molecular formula is C12H23N3O5. The maximum atomic E-state index is 11.7. The van der Waals surface area contributed by atoms with Crippen LogP contribution in [-0.4, -0.2) is 77.3 Å². The highest BCUT2D eigenvalue weighted by Crippen LogP contribution is 1.95. The zero-order valence-electron chi connectivity index (χ0n) is 12.1. The van der Waals surface area contributed by atoms with Crippen molar-refractivity contribution in [1.29, 1.82) is 0 Å². The molecule has 0 spiro atoms. The first kappa shape index (κ1) is 18.2. The van der Waals surface area contributed by atoms with Crippen LogP contribution in [-0.2, 0) is 9.59 Å². The Hall–Kier alpha value is -1.83. The molecular weight excluding hydrogens is 266 g/mol. The second-order valence-electron chi connectivity index (χ2n) is 4.80. The van der Waals surface area contributed by atoms with Crippen LogP contribution in [0.15, 0.2) is 0 Å². The van der Waals surface area contributed by atoms with E-state index in [4.69, 9.17) is 10.2 Å². The molecule has 8 heteroatoms. The molecule has 20 heavy (non-hydrogen) atoms. The molecule has 0 aromatic heterocycles. The van der Waals surface area contributed by atoms with E-state index >= 15 is 0 Å². The Balaban J connectivity index is 4.13. The lowest BCUT2D eigenvalue weighted by molar-refractivity contribution is -0.140. The second-order valence-corrected chi connectivity index (χ2v) is 4.80. The molecule has 0 unspecified atom stereocenters. The average Bonchev–Trinajstić information content (AvgIpc) is 2.31. The molecule has 0 bridgehead atoms. The molecule has 2 amide bonds. The van der Waals surface area contributed by atoms with Gasteiger partial charge in [-0.05, 0) is 33.9 Å². The van der Waals surface area contributed by atoms with E-state index in [0.29, 0.717) is 19.0 Å². The van der Waals surface area contributed by atoms with Crippen LogP contribution in [0.2, 0.25) is 0 Å². The van der Waals surface area contributed by atoms with E-state index in [9.17, 15) is 14.4 Å². The molecule has 0 aliphatic heterocycles. The van der Waals surface area contributed by atoms with Gasteiger partial charge in [0, 0.05) is 12.6 Å². The van der Waals surface area contributed by atoms with Crippen molar-refractivity contribution in [2.75, 3.05) is 33.2 Å². The molecule has 0 aliphatic rings. The minimum atomic E-state index is -1.25. The smallest absolute Gasteiger partial charge is 0.323 e. The van der Waals surface area contributed by atoms with Gasteiger partial charge in [-0.3, -0.25) is 9.59 Å². The van der Waals surface area contributed by atoms with Crippen molar-refractivity contribution >= 4 is 18.0 Å². The molecule has 0 rings (SSSR count). The van der Waals surface area contributed by atoms with Gasteiger partial charge in [-0.15, -0.1) is 0 Å². The van der Waals surface area contributed by atoms with Crippen molar-refractivity contribution in [2.24, 2.45) is 0 Å². The van der Waals surface area contributed by atoms with Crippen molar-refractivity contribution < 1.29 is 24.6 Å². The summed E-state index contributed by atoms with van der Waals surface area (Å²) in [5.41, 5.74) is 0. The number of nitrogens with zero attached hydrogens (tertiary/aromatic N) is 2. The van der Waals surface area contributed by atoms with Crippen molar-refractivity contribution in [2.45, 2.75) is 26.3 Å². The van der Waals surface area contributed by atoms with Crippen LogP contribution in [0.3, 0.4) is 0 Å². The third-order valence-corrected chi connectivity index (χ3v) is 2.78. The van der Waals surface area contributed by atoms with E-state index in [-0.39, 0.29) is 0 Å². The second kappa shape index (κ2) is 9.13. The van der Waals surface area contributed by atoms with Crippen LogP contribution in [0.1, 0.15) is 20.3 Å². The van der Waals surface area contributed by atoms with Gasteiger partial charge in [-0.2, -0.15) is 0 Å².